The van der Waals surface area contributed by atoms with Crippen LogP contribution in [0.4, 0.5) is 5.69 Å². The van der Waals surface area contributed by atoms with Crippen molar-refractivity contribution in [2.24, 2.45) is 11.8 Å². The average molecular weight is 488 g/mol. The molecule has 9 heteroatoms. The third-order valence-corrected chi connectivity index (χ3v) is 6.99. The summed E-state index contributed by atoms with van der Waals surface area (Å²) in [5, 5.41) is 43.8. The fraction of sp³-hybridized carbons (Fsp3) is 0.259. The van der Waals surface area contributed by atoms with Crippen LogP contribution in [0.15, 0.2) is 48.5 Å². The molecule has 0 bridgehead atoms. The first-order valence-electron chi connectivity index (χ1n) is 11.3. The second-order valence-corrected chi connectivity index (χ2v) is 8.85. The summed E-state index contributed by atoms with van der Waals surface area (Å²) >= 11 is 0. The summed E-state index contributed by atoms with van der Waals surface area (Å²) < 4.78 is 16.2. The number of methoxy groups -OCH3 is 2. The van der Waals surface area contributed by atoms with Crippen molar-refractivity contribution in [2.45, 2.75) is 12.0 Å². The number of rotatable bonds is 5. The van der Waals surface area contributed by atoms with Crippen molar-refractivity contribution in [1.29, 1.82) is 5.26 Å². The van der Waals surface area contributed by atoms with Crippen molar-refractivity contribution >= 4 is 11.7 Å². The second-order valence-electron chi connectivity index (χ2n) is 8.85. The van der Waals surface area contributed by atoms with E-state index in [0.29, 0.717) is 22.3 Å². The molecule has 1 aliphatic carbocycles. The molecule has 36 heavy (non-hydrogen) atoms. The minimum Gasteiger partial charge on any atom is -0.504 e. The maximum atomic E-state index is 13.1. The molecule has 9 nitrogen and oxygen atoms in total. The Labute approximate surface area is 207 Å². The number of phenolic OH excluding ortho intramolecular Hbond substituents is 3. The molecule has 0 saturated carbocycles. The van der Waals surface area contributed by atoms with Crippen LogP contribution in [-0.2, 0) is 9.53 Å². The Kier molecular flexibility index (Phi) is 5.72. The van der Waals surface area contributed by atoms with Gasteiger partial charge in [-0.1, -0.05) is 0 Å². The number of nitrogens with one attached hydrogen (secondary N) is 1. The number of nitrogens with zero attached hydrogens (tertiary/aromatic N) is 1. The lowest BCUT2D eigenvalue weighted by atomic mass is 9.65. The Morgan fingerprint density at radius 1 is 0.972 bits per heavy atom. The molecular formula is C27H24N2O7. The van der Waals surface area contributed by atoms with Crippen molar-refractivity contribution in [1.82, 2.24) is 0 Å². The normalized spacial score (nSPS) is 22.1. The summed E-state index contributed by atoms with van der Waals surface area (Å²) in [6.07, 6.45) is 0. The van der Waals surface area contributed by atoms with Crippen LogP contribution in [0.1, 0.15) is 34.2 Å². The van der Waals surface area contributed by atoms with Crippen LogP contribution in [0.2, 0.25) is 0 Å². The molecule has 2 aliphatic rings. The molecule has 0 spiro atoms. The van der Waals surface area contributed by atoms with Gasteiger partial charge < -0.3 is 34.8 Å². The number of benzene rings is 3. The number of carbonyl (C=O) groups excluding carboxylic acids is 1. The van der Waals surface area contributed by atoms with Gasteiger partial charge in [-0.3, -0.25) is 4.79 Å². The van der Waals surface area contributed by atoms with E-state index in [-0.39, 0.29) is 47.2 Å². The van der Waals surface area contributed by atoms with Crippen LogP contribution in [0, 0.1) is 23.2 Å². The summed E-state index contributed by atoms with van der Waals surface area (Å²) in [5.41, 5.74) is 3.16. The monoisotopic (exact) mass is 488 g/mol. The van der Waals surface area contributed by atoms with E-state index >= 15 is 0 Å². The van der Waals surface area contributed by atoms with Gasteiger partial charge in [0, 0.05) is 17.5 Å². The lowest BCUT2D eigenvalue weighted by Gasteiger charge is -2.40. The zero-order valence-electron chi connectivity index (χ0n) is 19.6. The molecule has 0 amide bonds. The lowest BCUT2D eigenvalue weighted by Crippen LogP contribution is -2.37. The molecule has 1 saturated heterocycles. The number of cyclic esters (lactones) is 1. The van der Waals surface area contributed by atoms with E-state index in [9.17, 15) is 20.1 Å². The van der Waals surface area contributed by atoms with Gasteiger partial charge in [0.15, 0.2) is 23.0 Å². The Morgan fingerprint density at radius 3 is 2.17 bits per heavy atom. The summed E-state index contributed by atoms with van der Waals surface area (Å²) in [5.74, 6) is -2.34. The number of fused-ring (bicyclic) bond motifs is 2. The molecule has 4 atom stereocenters. The highest BCUT2D eigenvalue weighted by molar-refractivity contribution is 5.79. The standard InChI is InChI=1S/C27H24N2O7/c1-34-21-7-14(8-22(35-2)26(21)32)23-16-9-19(30)20(31)10-17(16)25(18-12-36-27(33)24(18)23)29-15-5-3-13(11-28)4-6-15/h3-10,18,23-25,29-32H,12H2,1-2H3/t18-,23+,24-,25?/m0/s1. The average Bonchev–Trinajstić information content (AvgIpc) is 3.27. The van der Waals surface area contributed by atoms with E-state index in [1.54, 1.807) is 36.4 Å². The number of aromatic hydroxyl groups is 3. The first-order valence-corrected chi connectivity index (χ1v) is 11.3. The van der Waals surface area contributed by atoms with Gasteiger partial charge in [-0.05, 0) is 65.2 Å². The predicted octanol–water partition coefficient (Wildman–Crippen LogP) is 3.78. The minimum absolute atomic E-state index is 0.154. The van der Waals surface area contributed by atoms with Crippen molar-refractivity contribution < 1.29 is 34.3 Å². The molecule has 184 valence electrons. The van der Waals surface area contributed by atoms with E-state index in [1.807, 2.05) is 0 Å². The molecule has 0 aromatic heterocycles. The fourth-order valence-electron chi connectivity index (χ4n) is 5.30. The van der Waals surface area contributed by atoms with E-state index in [1.165, 1.54) is 26.4 Å². The smallest absolute Gasteiger partial charge is 0.310 e. The first-order chi connectivity index (χ1) is 17.4. The molecule has 3 aromatic carbocycles. The van der Waals surface area contributed by atoms with Crippen LogP contribution < -0.4 is 14.8 Å². The van der Waals surface area contributed by atoms with Crippen molar-refractivity contribution in [2.75, 3.05) is 26.1 Å². The zero-order valence-corrected chi connectivity index (χ0v) is 19.6. The Morgan fingerprint density at radius 2 is 1.58 bits per heavy atom. The molecule has 3 aromatic rings. The summed E-state index contributed by atoms with van der Waals surface area (Å²) in [4.78, 5) is 13.1. The number of nitriles is 1. The van der Waals surface area contributed by atoms with Gasteiger partial charge in [0.2, 0.25) is 5.75 Å². The third kappa shape index (κ3) is 3.67. The van der Waals surface area contributed by atoms with Gasteiger partial charge in [-0.15, -0.1) is 0 Å². The van der Waals surface area contributed by atoms with Crippen molar-refractivity contribution in [3.8, 4) is 34.8 Å². The van der Waals surface area contributed by atoms with Crippen LogP contribution in [-0.4, -0.2) is 42.1 Å². The number of carbonyl (C=O) groups is 1. The molecule has 5 rings (SSSR count). The van der Waals surface area contributed by atoms with Crippen LogP contribution >= 0.6 is 0 Å². The van der Waals surface area contributed by atoms with Crippen LogP contribution in [0.25, 0.3) is 0 Å². The van der Waals surface area contributed by atoms with Gasteiger partial charge in [0.1, 0.15) is 0 Å². The Hall–Kier alpha value is -4.58. The van der Waals surface area contributed by atoms with Crippen LogP contribution in [0.5, 0.6) is 28.7 Å². The molecule has 1 fully saturated rings. The van der Waals surface area contributed by atoms with Gasteiger partial charge >= 0.3 is 5.97 Å². The Balaban J connectivity index is 1.69. The van der Waals surface area contributed by atoms with E-state index in [0.717, 1.165) is 5.69 Å². The fourth-order valence-corrected chi connectivity index (χ4v) is 5.30. The third-order valence-electron chi connectivity index (χ3n) is 6.99. The maximum Gasteiger partial charge on any atom is 0.310 e. The highest BCUT2D eigenvalue weighted by atomic mass is 16.5. The van der Waals surface area contributed by atoms with Crippen molar-refractivity contribution in [3.05, 3.63) is 70.8 Å². The summed E-state index contributed by atoms with van der Waals surface area (Å²) in [7, 11) is 2.84. The summed E-state index contributed by atoms with van der Waals surface area (Å²) in [6, 6.07) is 14.8. The van der Waals surface area contributed by atoms with E-state index < -0.39 is 17.9 Å². The predicted molar refractivity (Wildman–Crippen MR) is 128 cm³/mol. The zero-order chi connectivity index (χ0) is 25.6. The number of ether oxygens (including phenoxy) is 3. The lowest BCUT2D eigenvalue weighted by molar-refractivity contribution is -0.141. The Bertz CT molecular complexity index is 1360. The first kappa shape index (κ1) is 23.2. The van der Waals surface area contributed by atoms with Gasteiger partial charge in [0.05, 0.1) is 44.4 Å². The van der Waals surface area contributed by atoms with Crippen molar-refractivity contribution in [3.63, 3.8) is 0 Å². The largest absolute Gasteiger partial charge is 0.504 e. The number of esters is 1. The number of phenols is 3. The topological polar surface area (TPSA) is 141 Å². The maximum absolute atomic E-state index is 13.1. The van der Waals surface area contributed by atoms with E-state index in [4.69, 9.17) is 19.5 Å². The molecular weight excluding hydrogens is 464 g/mol. The molecule has 1 aliphatic heterocycles. The highest BCUT2D eigenvalue weighted by Gasteiger charge is 2.52. The minimum atomic E-state index is -0.628. The number of anilines is 1. The SMILES string of the molecule is COc1cc([C@@H]2c3cc(O)c(O)cc3C(Nc3ccc(C#N)cc3)[C@H]3COC(=O)[C@H]23)cc(OC)c1O. The quantitative estimate of drug-likeness (QED) is 0.312. The molecule has 1 unspecified atom stereocenters. The van der Waals surface area contributed by atoms with E-state index in [2.05, 4.69) is 11.4 Å². The second kappa shape index (κ2) is 8.89. The van der Waals surface area contributed by atoms with Gasteiger partial charge in [-0.2, -0.15) is 5.26 Å². The van der Waals surface area contributed by atoms with Crippen LogP contribution in [0.3, 0.4) is 0 Å². The molecule has 0 radical (unpaired) electrons. The summed E-state index contributed by atoms with van der Waals surface area (Å²) in [6.45, 7) is 0.154. The van der Waals surface area contributed by atoms with Gasteiger partial charge in [0.25, 0.3) is 0 Å². The number of hydrogen-bond donors (Lipinski definition) is 4. The number of hydrogen-bond acceptors (Lipinski definition) is 9. The molecule has 1 heterocycles. The van der Waals surface area contributed by atoms with Gasteiger partial charge in [-0.25, -0.2) is 0 Å². The molecule has 4 N–H and O–H groups in total. The highest BCUT2D eigenvalue weighted by Crippen LogP contribution is 2.55.